The van der Waals surface area contributed by atoms with Crippen LogP contribution in [0.5, 0.6) is 5.75 Å². The first kappa shape index (κ1) is 13.6. The Morgan fingerprint density at radius 1 is 1.24 bits per heavy atom. The molecule has 4 nitrogen and oxygen atoms in total. The minimum atomic E-state index is 0.0809. The lowest BCUT2D eigenvalue weighted by atomic mass is 9.50. The number of aromatic nitrogens is 2. The predicted molar refractivity (Wildman–Crippen MR) is 81.9 cm³/mol. The van der Waals surface area contributed by atoms with Gasteiger partial charge in [-0.2, -0.15) is 5.10 Å². The molecule has 4 aliphatic carbocycles. The standard InChI is InChI=1S/C17H27N3O/c1-3-20-17(14(21-2)9-19-20)16(18)15-12-5-10-4-11(7-12)8-13(15)6-10/h9-13,15-16H,3-8,18H2,1-2H3. The van der Waals surface area contributed by atoms with Crippen LogP contribution >= 0.6 is 0 Å². The van der Waals surface area contributed by atoms with Gasteiger partial charge in [-0.25, -0.2) is 0 Å². The molecule has 0 amide bonds. The van der Waals surface area contributed by atoms with Crippen LogP contribution < -0.4 is 10.5 Å². The molecule has 4 fully saturated rings. The van der Waals surface area contributed by atoms with Gasteiger partial charge >= 0.3 is 0 Å². The number of nitrogens with two attached hydrogens (primary N) is 1. The molecule has 1 aromatic heterocycles. The van der Waals surface area contributed by atoms with Gasteiger partial charge in [0.15, 0.2) is 5.75 Å². The fourth-order valence-electron chi connectivity index (χ4n) is 5.86. The predicted octanol–water partition coefficient (Wildman–Crippen LogP) is 2.98. The van der Waals surface area contributed by atoms with Crippen LogP contribution in [-0.2, 0) is 6.54 Å². The van der Waals surface area contributed by atoms with Crippen molar-refractivity contribution < 1.29 is 4.74 Å². The van der Waals surface area contributed by atoms with Crippen molar-refractivity contribution in [2.45, 2.75) is 51.6 Å². The van der Waals surface area contributed by atoms with Gasteiger partial charge in [-0.3, -0.25) is 4.68 Å². The molecule has 2 N–H and O–H groups in total. The summed E-state index contributed by atoms with van der Waals surface area (Å²) in [5.41, 5.74) is 7.90. The molecule has 4 aliphatic rings. The average molecular weight is 289 g/mol. The lowest BCUT2D eigenvalue weighted by molar-refractivity contribution is -0.0483. The molecule has 1 unspecified atom stereocenters. The summed E-state index contributed by atoms with van der Waals surface area (Å²) in [5, 5.41) is 4.45. The fourth-order valence-corrected chi connectivity index (χ4v) is 5.86. The first-order valence-corrected chi connectivity index (χ1v) is 8.56. The zero-order valence-electron chi connectivity index (χ0n) is 13.2. The summed E-state index contributed by atoms with van der Waals surface area (Å²) in [4.78, 5) is 0. The summed E-state index contributed by atoms with van der Waals surface area (Å²) >= 11 is 0. The van der Waals surface area contributed by atoms with E-state index in [4.69, 9.17) is 10.5 Å². The lowest BCUT2D eigenvalue weighted by Crippen LogP contribution is -2.49. The highest BCUT2D eigenvalue weighted by Gasteiger charge is 2.50. The minimum absolute atomic E-state index is 0.0809. The van der Waals surface area contributed by atoms with Gasteiger partial charge in [-0.15, -0.1) is 0 Å². The van der Waals surface area contributed by atoms with Crippen molar-refractivity contribution in [1.29, 1.82) is 0 Å². The van der Waals surface area contributed by atoms with Crippen molar-refractivity contribution >= 4 is 0 Å². The smallest absolute Gasteiger partial charge is 0.161 e. The second-order valence-electron chi connectivity index (χ2n) is 7.45. The van der Waals surface area contributed by atoms with Gasteiger partial charge in [0.25, 0.3) is 0 Å². The van der Waals surface area contributed by atoms with Crippen LogP contribution in [0.15, 0.2) is 6.20 Å². The summed E-state index contributed by atoms with van der Waals surface area (Å²) in [6, 6.07) is 0.0809. The maximum Gasteiger partial charge on any atom is 0.161 e. The van der Waals surface area contributed by atoms with Crippen molar-refractivity contribution in [2.24, 2.45) is 35.3 Å². The van der Waals surface area contributed by atoms with Gasteiger partial charge < -0.3 is 10.5 Å². The van der Waals surface area contributed by atoms with Crippen molar-refractivity contribution in [2.75, 3.05) is 7.11 Å². The summed E-state index contributed by atoms with van der Waals surface area (Å²) in [6.45, 7) is 2.99. The molecule has 0 saturated heterocycles. The van der Waals surface area contributed by atoms with Crippen molar-refractivity contribution in [3.63, 3.8) is 0 Å². The maximum absolute atomic E-state index is 6.78. The van der Waals surface area contributed by atoms with Crippen LogP contribution in [0.2, 0.25) is 0 Å². The van der Waals surface area contributed by atoms with Crippen LogP contribution in [0.4, 0.5) is 0 Å². The largest absolute Gasteiger partial charge is 0.493 e. The number of nitrogens with zero attached hydrogens (tertiary/aromatic N) is 2. The molecular weight excluding hydrogens is 262 g/mol. The molecule has 5 rings (SSSR count). The SMILES string of the molecule is CCn1ncc(OC)c1C(N)C1C2CC3CC(C2)CC1C3. The summed E-state index contributed by atoms with van der Waals surface area (Å²) in [6.07, 6.45) is 8.96. The quantitative estimate of drug-likeness (QED) is 0.927. The highest BCUT2D eigenvalue weighted by atomic mass is 16.5. The van der Waals surface area contributed by atoms with E-state index in [0.717, 1.165) is 41.7 Å². The number of methoxy groups -OCH3 is 1. The molecule has 4 heteroatoms. The Kier molecular flexibility index (Phi) is 3.25. The Bertz CT molecular complexity index is 475. The van der Waals surface area contributed by atoms with E-state index < -0.39 is 0 Å². The zero-order valence-corrected chi connectivity index (χ0v) is 13.2. The van der Waals surface area contributed by atoms with Crippen LogP contribution in [0.25, 0.3) is 0 Å². The Hall–Kier alpha value is -1.03. The van der Waals surface area contributed by atoms with Gasteiger partial charge in [0.1, 0.15) is 0 Å². The third-order valence-corrected chi connectivity index (χ3v) is 6.39. The van der Waals surface area contributed by atoms with E-state index in [9.17, 15) is 0 Å². The van der Waals surface area contributed by atoms with Crippen molar-refractivity contribution in [1.82, 2.24) is 9.78 Å². The highest BCUT2D eigenvalue weighted by molar-refractivity contribution is 5.29. The number of ether oxygens (including phenoxy) is 1. The molecule has 0 radical (unpaired) electrons. The summed E-state index contributed by atoms with van der Waals surface area (Å²) < 4.78 is 7.56. The van der Waals surface area contributed by atoms with Gasteiger partial charge in [0.05, 0.1) is 25.0 Å². The molecule has 4 bridgehead atoms. The third kappa shape index (κ3) is 2.02. The maximum atomic E-state index is 6.78. The zero-order chi connectivity index (χ0) is 14.6. The van der Waals surface area contributed by atoms with Crippen LogP contribution in [0.3, 0.4) is 0 Å². The molecule has 116 valence electrons. The second-order valence-corrected chi connectivity index (χ2v) is 7.45. The fraction of sp³-hybridized carbons (Fsp3) is 0.824. The number of rotatable bonds is 4. The normalized spacial score (nSPS) is 38.7. The third-order valence-electron chi connectivity index (χ3n) is 6.39. The molecule has 0 aromatic carbocycles. The van der Waals surface area contributed by atoms with E-state index >= 15 is 0 Å². The Labute approximate surface area is 127 Å². The van der Waals surface area contributed by atoms with Gasteiger partial charge in [0.2, 0.25) is 0 Å². The van der Waals surface area contributed by atoms with Crippen LogP contribution in [0, 0.1) is 29.6 Å². The van der Waals surface area contributed by atoms with Gasteiger partial charge in [0, 0.05) is 6.54 Å². The topological polar surface area (TPSA) is 53.1 Å². The molecule has 1 atom stereocenters. The molecular formula is C17H27N3O. The van der Waals surface area contributed by atoms with Crippen molar-refractivity contribution in [3.05, 3.63) is 11.9 Å². The second kappa shape index (κ2) is 5.01. The van der Waals surface area contributed by atoms with E-state index in [1.165, 1.54) is 32.1 Å². The Morgan fingerprint density at radius 2 is 1.86 bits per heavy atom. The van der Waals surface area contributed by atoms with E-state index in [-0.39, 0.29) is 6.04 Å². The van der Waals surface area contributed by atoms with E-state index in [0.29, 0.717) is 5.92 Å². The van der Waals surface area contributed by atoms with E-state index in [1.807, 2.05) is 10.9 Å². The van der Waals surface area contributed by atoms with Crippen molar-refractivity contribution in [3.8, 4) is 5.75 Å². The summed E-state index contributed by atoms with van der Waals surface area (Å²) in [5.74, 6) is 5.16. The summed E-state index contributed by atoms with van der Waals surface area (Å²) in [7, 11) is 1.73. The Morgan fingerprint density at radius 3 is 2.38 bits per heavy atom. The minimum Gasteiger partial charge on any atom is -0.493 e. The first-order valence-electron chi connectivity index (χ1n) is 8.56. The van der Waals surface area contributed by atoms with Crippen LogP contribution in [-0.4, -0.2) is 16.9 Å². The number of hydrogen-bond acceptors (Lipinski definition) is 3. The number of hydrogen-bond donors (Lipinski definition) is 1. The molecule has 0 spiro atoms. The number of aryl methyl sites for hydroxylation is 1. The highest BCUT2D eigenvalue weighted by Crippen LogP contribution is 2.59. The Balaban J connectivity index is 1.66. The lowest BCUT2D eigenvalue weighted by Gasteiger charge is -2.56. The van der Waals surface area contributed by atoms with Gasteiger partial charge in [-0.1, -0.05) is 0 Å². The van der Waals surface area contributed by atoms with E-state index in [1.54, 1.807) is 7.11 Å². The van der Waals surface area contributed by atoms with Crippen LogP contribution in [0.1, 0.15) is 50.8 Å². The molecule has 4 saturated carbocycles. The van der Waals surface area contributed by atoms with Gasteiger partial charge in [-0.05, 0) is 68.6 Å². The molecule has 21 heavy (non-hydrogen) atoms. The average Bonchev–Trinajstić information content (AvgIpc) is 2.88. The molecule has 0 aliphatic heterocycles. The monoisotopic (exact) mass is 289 g/mol. The molecule has 1 heterocycles. The first-order chi connectivity index (χ1) is 10.2. The molecule has 1 aromatic rings. The van der Waals surface area contributed by atoms with E-state index in [2.05, 4.69) is 12.0 Å².